The highest BCUT2D eigenvalue weighted by Gasteiger charge is 2.17. The summed E-state index contributed by atoms with van der Waals surface area (Å²) in [6.45, 7) is 9.79. The molecule has 1 fully saturated rings. The van der Waals surface area contributed by atoms with Gasteiger partial charge in [0.25, 0.3) is 5.91 Å². The molecule has 3 rings (SSSR count). The minimum absolute atomic E-state index is 0.0701. The molecule has 0 unspecified atom stereocenters. The minimum Gasteiger partial charge on any atom is -0.369 e. The number of anilines is 2. The van der Waals surface area contributed by atoms with Gasteiger partial charge in [0.1, 0.15) is 0 Å². The van der Waals surface area contributed by atoms with Crippen LogP contribution in [0.2, 0.25) is 0 Å². The highest BCUT2D eigenvalue weighted by Crippen LogP contribution is 2.25. The molecule has 0 spiro atoms. The molecular formula is C20H25N3O. The highest BCUT2D eigenvalue weighted by atomic mass is 16.1. The average Bonchev–Trinajstić information content (AvgIpc) is 2.63. The van der Waals surface area contributed by atoms with E-state index in [1.807, 2.05) is 36.4 Å². The summed E-state index contributed by atoms with van der Waals surface area (Å²) in [5, 5.41) is 2.98. The van der Waals surface area contributed by atoms with E-state index in [-0.39, 0.29) is 5.91 Å². The van der Waals surface area contributed by atoms with Gasteiger partial charge in [0.15, 0.2) is 0 Å². The molecule has 1 aliphatic rings. The van der Waals surface area contributed by atoms with Crippen LogP contribution in [0.15, 0.2) is 48.5 Å². The maximum atomic E-state index is 12.3. The van der Waals surface area contributed by atoms with Crippen LogP contribution in [0, 0.1) is 6.92 Å². The van der Waals surface area contributed by atoms with E-state index < -0.39 is 0 Å². The van der Waals surface area contributed by atoms with E-state index >= 15 is 0 Å². The molecule has 0 aromatic heterocycles. The summed E-state index contributed by atoms with van der Waals surface area (Å²) in [5.74, 6) is -0.0701. The molecule has 4 nitrogen and oxygen atoms in total. The van der Waals surface area contributed by atoms with Crippen molar-refractivity contribution < 1.29 is 4.79 Å². The lowest BCUT2D eigenvalue weighted by atomic mass is 10.1. The topological polar surface area (TPSA) is 35.6 Å². The van der Waals surface area contributed by atoms with E-state index in [1.54, 1.807) is 0 Å². The first-order chi connectivity index (χ1) is 11.7. The van der Waals surface area contributed by atoms with Crippen molar-refractivity contribution in [2.24, 2.45) is 0 Å². The van der Waals surface area contributed by atoms with Gasteiger partial charge in [-0.25, -0.2) is 0 Å². The molecule has 1 heterocycles. The molecule has 2 aromatic carbocycles. The smallest absolute Gasteiger partial charge is 0.255 e. The fraction of sp³-hybridized carbons (Fsp3) is 0.350. The van der Waals surface area contributed by atoms with Crippen LogP contribution in [-0.2, 0) is 0 Å². The van der Waals surface area contributed by atoms with Crippen molar-refractivity contribution in [3.05, 3.63) is 59.7 Å². The quantitative estimate of drug-likeness (QED) is 0.937. The number of rotatable bonds is 4. The van der Waals surface area contributed by atoms with Crippen molar-refractivity contribution >= 4 is 17.3 Å². The van der Waals surface area contributed by atoms with Gasteiger partial charge in [-0.3, -0.25) is 4.79 Å². The normalized spacial score (nSPS) is 15.3. The second kappa shape index (κ2) is 7.49. The number of nitrogens with zero attached hydrogens (tertiary/aromatic N) is 2. The molecule has 0 aliphatic carbocycles. The number of carbonyl (C=O) groups is 1. The van der Waals surface area contributed by atoms with Crippen molar-refractivity contribution in [2.75, 3.05) is 42.9 Å². The van der Waals surface area contributed by atoms with Crippen LogP contribution in [0.3, 0.4) is 0 Å². The zero-order valence-electron chi connectivity index (χ0n) is 14.5. The van der Waals surface area contributed by atoms with E-state index in [2.05, 4.69) is 41.1 Å². The lowest BCUT2D eigenvalue weighted by Crippen LogP contribution is -2.46. The van der Waals surface area contributed by atoms with Gasteiger partial charge in [0, 0.05) is 43.1 Å². The van der Waals surface area contributed by atoms with Crippen LogP contribution >= 0.6 is 0 Å². The summed E-state index contributed by atoms with van der Waals surface area (Å²) in [7, 11) is 0. The van der Waals surface area contributed by atoms with Gasteiger partial charge in [-0.05, 0) is 49.4 Å². The molecule has 1 N–H and O–H groups in total. The minimum atomic E-state index is -0.0701. The maximum Gasteiger partial charge on any atom is 0.255 e. The van der Waals surface area contributed by atoms with Crippen LogP contribution < -0.4 is 10.2 Å². The Balaban J connectivity index is 1.68. The zero-order valence-corrected chi connectivity index (χ0v) is 14.5. The second-order valence-corrected chi connectivity index (χ2v) is 6.24. The third-order valence-corrected chi connectivity index (χ3v) is 4.65. The fourth-order valence-electron chi connectivity index (χ4n) is 3.19. The SMILES string of the molecule is CCN1CCN(c2ccc(NC(=O)c3ccccc3)cc2C)CC1. The van der Waals surface area contributed by atoms with E-state index in [4.69, 9.17) is 0 Å². The van der Waals surface area contributed by atoms with Gasteiger partial charge in [-0.1, -0.05) is 25.1 Å². The van der Waals surface area contributed by atoms with Crippen molar-refractivity contribution in [3.63, 3.8) is 0 Å². The summed E-state index contributed by atoms with van der Waals surface area (Å²) in [5.41, 5.74) is 3.99. The molecule has 0 radical (unpaired) electrons. The van der Waals surface area contributed by atoms with Crippen LogP contribution in [0.4, 0.5) is 11.4 Å². The van der Waals surface area contributed by atoms with E-state index in [0.29, 0.717) is 5.56 Å². The van der Waals surface area contributed by atoms with Crippen LogP contribution in [-0.4, -0.2) is 43.5 Å². The first-order valence-electron chi connectivity index (χ1n) is 8.61. The maximum absolute atomic E-state index is 12.3. The monoisotopic (exact) mass is 323 g/mol. The highest BCUT2D eigenvalue weighted by molar-refractivity contribution is 6.04. The van der Waals surface area contributed by atoms with Crippen LogP contribution in [0.25, 0.3) is 0 Å². The molecule has 2 aromatic rings. The predicted octanol–water partition coefficient (Wildman–Crippen LogP) is 3.39. The lowest BCUT2D eigenvalue weighted by molar-refractivity contribution is 0.102. The lowest BCUT2D eigenvalue weighted by Gasteiger charge is -2.36. The Bertz CT molecular complexity index is 691. The molecule has 24 heavy (non-hydrogen) atoms. The Morgan fingerprint density at radius 1 is 1.04 bits per heavy atom. The predicted molar refractivity (Wildman–Crippen MR) is 99.9 cm³/mol. The summed E-state index contributed by atoms with van der Waals surface area (Å²) in [6.07, 6.45) is 0. The molecule has 1 amide bonds. The molecular weight excluding hydrogens is 298 g/mol. The van der Waals surface area contributed by atoms with Gasteiger partial charge in [-0.2, -0.15) is 0 Å². The standard InChI is InChI=1S/C20H25N3O/c1-3-22-11-13-23(14-12-22)19-10-9-18(15-16(19)2)21-20(24)17-7-5-4-6-8-17/h4-10,15H,3,11-14H2,1-2H3,(H,21,24). The number of likely N-dealkylation sites (N-methyl/N-ethyl adjacent to an activating group) is 1. The second-order valence-electron chi connectivity index (χ2n) is 6.24. The Labute approximate surface area is 144 Å². The zero-order chi connectivity index (χ0) is 16.9. The van der Waals surface area contributed by atoms with Gasteiger partial charge in [0.05, 0.1) is 0 Å². The van der Waals surface area contributed by atoms with Crippen LogP contribution in [0.1, 0.15) is 22.8 Å². The van der Waals surface area contributed by atoms with E-state index in [9.17, 15) is 4.79 Å². The van der Waals surface area contributed by atoms with Gasteiger partial charge >= 0.3 is 0 Å². The fourth-order valence-corrected chi connectivity index (χ4v) is 3.19. The van der Waals surface area contributed by atoms with Crippen molar-refractivity contribution in [1.82, 2.24) is 4.90 Å². The first kappa shape index (κ1) is 16.5. The van der Waals surface area contributed by atoms with E-state index in [1.165, 1.54) is 11.3 Å². The number of benzene rings is 2. The third kappa shape index (κ3) is 3.77. The average molecular weight is 323 g/mol. The Kier molecular flexibility index (Phi) is 5.16. The van der Waals surface area contributed by atoms with Gasteiger partial charge in [0.2, 0.25) is 0 Å². The molecule has 0 atom stereocenters. The molecule has 1 saturated heterocycles. The number of piperazine rings is 1. The van der Waals surface area contributed by atoms with Gasteiger partial charge in [-0.15, -0.1) is 0 Å². The molecule has 1 aliphatic heterocycles. The van der Waals surface area contributed by atoms with Crippen LogP contribution in [0.5, 0.6) is 0 Å². The first-order valence-corrected chi connectivity index (χ1v) is 8.61. The number of nitrogens with one attached hydrogen (secondary N) is 1. The summed E-state index contributed by atoms with van der Waals surface area (Å²) in [4.78, 5) is 17.2. The summed E-state index contributed by atoms with van der Waals surface area (Å²) >= 11 is 0. The number of carbonyl (C=O) groups excluding carboxylic acids is 1. The van der Waals surface area contributed by atoms with E-state index in [0.717, 1.165) is 38.4 Å². The Morgan fingerprint density at radius 3 is 2.38 bits per heavy atom. The van der Waals surface area contributed by atoms with Crippen molar-refractivity contribution in [3.8, 4) is 0 Å². The third-order valence-electron chi connectivity index (χ3n) is 4.65. The number of hydrogen-bond acceptors (Lipinski definition) is 3. The number of aryl methyl sites for hydroxylation is 1. The van der Waals surface area contributed by atoms with Crippen molar-refractivity contribution in [2.45, 2.75) is 13.8 Å². The number of amides is 1. The Morgan fingerprint density at radius 2 is 1.75 bits per heavy atom. The molecule has 0 saturated carbocycles. The number of hydrogen-bond donors (Lipinski definition) is 1. The largest absolute Gasteiger partial charge is 0.369 e. The van der Waals surface area contributed by atoms with Gasteiger partial charge < -0.3 is 15.1 Å². The molecule has 0 bridgehead atoms. The summed E-state index contributed by atoms with van der Waals surface area (Å²) < 4.78 is 0. The molecule has 4 heteroatoms. The van der Waals surface area contributed by atoms with Crippen molar-refractivity contribution in [1.29, 1.82) is 0 Å². The molecule has 126 valence electrons. The Hall–Kier alpha value is -2.33. The summed E-state index contributed by atoms with van der Waals surface area (Å²) in [6, 6.07) is 15.5.